The molecule has 0 aliphatic carbocycles. The molecule has 3 N–H and O–H groups in total. The number of nitrogens with two attached hydrogens (primary N) is 1. The molecule has 0 saturated carbocycles. The van der Waals surface area contributed by atoms with E-state index in [0.717, 1.165) is 12.8 Å². The normalized spacial score (nSPS) is 26.5. The van der Waals surface area contributed by atoms with Gasteiger partial charge in [0.05, 0.1) is 6.54 Å². The summed E-state index contributed by atoms with van der Waals surface area (Å²) in [6, 6.07) is 0.0445. The number of carboxylic acid groups (broad SMARTS) is 1. The van der Waals surface area contributed by atoms with Gasteiger partial charge in [0.2, 0.25) is 0 Å². The van der Waals surface area contributed by atoms with Crippen LogP contribution in [-0.2, 0) is 4.84 Å². The molecule has 0 amide bonds. The standard InChI is InChI=1S/C6H12N2O3/c7-5-2-1-3-8(4-5)11-6(9)10/h5H,1-4,7H2,(H,9,10). The molecule has 5 nitrogen and oxygen atoms in total. The van der Waals surface area contributed by atoms with Gasteiger partial charge in [0.25, 0.3) is 0 Å². The molecule has 0 aromatic carbocycles. The van der Waals surface area contributed by atoms with Crippen LogP contribution in [0.1, 0.15) is 12.8 Å². The minimum atomic E-state index is -1.26. The van der Waals surface area contributed by atoms with Gasteiger partial charge in [-0.2, -0.15) is 0 Å². The predicted octanol–water partition coefficient (Wildman–Crippen LogP) is 0.0191. The van der Waals surface area contributed by atoms with Crippen molar-refractivity contribution in [1.82, 2.24) is 5.06 Å². The number of nitrogens with zero attached hydrogens (tertiary/aromatic N) is 1. The molecule has 1 aliphatic heterocycles. The van der Waals surface area contributed by atoms with Gasteiger partial charge >= 0.3 is 6.16 Å². The van der Waals surface area contributed by atoms with Crippen molar-refractivity contribution >= 4 is 6.16 Å². The number of carbonyl (C=O) groups is 1. The fourth-order valence-corrected chi connectivity index (χ4v) is 1.17. The zero-order chi connectivity index (χ0) is 8.27. The van der Waals surface area contributed by atoms with Gasteiger partial charge in [-0.1, -0.05) is 0 Å². The first-order valence-electron chi connectivity index (χ1n) is 3.60. The minimum absolute atomic E-state index is 0.0445. The number of hydroxylamine groups is 2. The lowest BCUT2D eigenvalue weighted by Gasteiger charge is -2.27. The molecule has 0 aromatic heterocycles. The van der Waals surface area contributed by atoms with Crippen molar-refractivity contribution in [2.45, 2.75) is 18.9 Å². The molecule has 0 aromatic rings. The molecule has 11 heavy (non-hydrogen) atoms. The maximum absolute atomic E-state index is 10.1. The molecule has 0 spiro atoms. The van der Waals surface area contributed by atoms with Crippen molar-refractivity contribution in [2.75, 3.05) is 13.1 Å². The first-order valence-corrected chi connectivity index (χ1v) is 3.60. The van der Waals surface area contributed by atoms with Gasteiger partial charge in [0.15, 0.2) is 0 Å². The smallest absolute Gasteiger partial charge is 0.448 e. The maximum atomic E-state index is 10.1. The Kier molecular flexibility index (Phi) is 2.67. The van der Waals surface area contributed by atoms with Crippen LogP contribution in [0.25, 0.3) is 0 Å². The van der Waals surface area contributed by atoms with Crippen molar-refractivity contribution < 1.29 is 14.7 Å². The van der Waals surface area contributed by atoms with Crippen LogP contribution >= 0.6 is 0 Å². The van der Waals surface area contributed by atoms with E-state index < -0.39 is 6.16 Å². The van der Waals surface area contributed by atoms with Gasteiger partial charge in [-0.3, -0.25) is 0 Å². The maximum Gasteiger partial charge on any atom is 0.525 e. The third-order valence-corrected chi connectivity index (χ3v) is 1.63. The Labute approximate surface area is 64.7 Å². The molecule has 0 radical (unpaired) electrons. The summed E-state index contributed by atoms with van der Waals surface area (Å²) in [4.78, 5) is 14.5. The average Bonchev–Trinajstić information content (AvgIpc) is 1.85. The molecule has 1 fully saturated rings. The molecule has 1 heterocycles. The first-order chi connectivity index (χ1) is 5.18. The van der Waals surface area contributed by atoms with E-state index in [0.29, 0.717) is 13.1 Å². The number of hydrogen-bond acceptors (Lipinski definition) is 4. The molecule has 1 unspecified atom stereocenters. The van der Waals surface area contributed by atoms with Crippen LogP contribution in [0.15, 0.2) is 0 Å². The summed E-state index contributed by atoms with van der Waals surface area (Å²) in [6.45, 7) is 1.16. The van der Waals surface area contributed by atoms with Gasteiger partial charge in [-0.25, -0.2) is 4.79 Å². The number of hydrogen-bond donors (Lipinski definition) is 2. The van der Waals surface area contributed by atoms with Crippen LogP contribution in [0, 0.1) is 0 Å². The van der Waals surface area contributed by atoms with Crippen LogP contribution in [0.3, 0.4) is 0 Å². The summed E-state index contributed by atoms with van der Waals surface area (Å²) in [5.41, 5.74) is 5.59. The number of piperidine rings is 1. The van der Waals surface area contributed by atoms with Gasteiger partial charge in [0.1, 0.15) is 0 Å². The molecule has 0 bridgehead atoms. The van der Waals surface area contributed by atoms with E-state index in [-0.39, 0.29) is 6.04 Å². The van der Waals surface area contributed by atoms with Crippen LogP contribution < -0.4 is 5.73 Å². The molecular formula is C6H12N2O3. The third kappa shape index (κ3) is 2.73. The molecule has 1 atom stereocenters. The zero-order valence-corrected chi connectivity index (χ0v) is 6.19. The third-order valence-electron chi connectivity index (χ3n) is 1.63. The van der Waals surface area contributed by atoms with Crippen molar-refractivity contribution in [2.24, 2.45) is 5.73 Å². The summed E-state index contributed by atoms with van der Waals surface area (Å²) >= 11 is 0. The Balaban J connectivity index is 2.28. The first kappa shape index (κ1) is 8.29. The fourth-order valence-electron chi connectivity index (χ4n) is 1.17. The van der Waals surface area contributed by atoms with E-state index in [1.165, 1.54) is 5.06 Å². The lowest BCUT2D eigenvalue weighted by atomic mass is 10.1. The van der Waals surface area contributed by atoms with E-state index in [4.69, 9.17) is 10.8 Å². The summed E-state index contributed by atoms with van der Waals surface area (Å²) in [5, 5.41) is 9.63. The Morgan fingerprint density at radius 1 is 1.73 bits per heavy atom. The summed E-state index contributed by atoms with van der Waals surface area (Å²) in [6.07, 6.45) is 0.576. The van der Waals surface area contributed by atoms with E-state index in [1.54, 1.807) is 0 Å². The Hall–Kier alpha value is -0.810. The monoisotopic (exact) mass is 160 g/mol. The zero-order valence-electron chi connectivity index (χ0n) is 6.19. The van der Waals surface area contributed by atoms with Gasteiger partial charge < -0.3 is 15.7 Å². The highest BCUT2D eigenvalue weighted by atomic mass is 16.8. The van der Waals surface area contributed by atoms with Crippen molar-refractivity contribution in [3.8, 4) is 0 Å². The van der Waals surface area contributed by atoms with Crippen molar-refractivity contribution in [3.63, 3.8) is 0 Å². The summed E-state index contributed by atoms with van der Waals surface area (Å²) in [7, 11) is 0. The molecule has 1 rings (SSSR count). The SMILES string of the molecule is NC1CCCN(OC(=O)O)C1. The molecular weight excluding hydrogens is 148 g/mol. The lowest BCUT2D eigenvalue weighted by Crippen LogP contribution is -2.43. The Morgan fingerprint density at radius 3 is 3.00 bits per heavy atom. The highest BCUT2D eigenvalue weighted by molar-refractivity contribution is 5.56. The second kappa shape index (κ2) is 3.54. The highest BCUT2D eigenvalue weighted by Gasteiger charge is 2.19. The quantitative estimate of drug-likeness (QED) is 0.565. The largest absolute Gasteiger partial charge is 0.525 e. The molecule has 64 valence electrons. The molecule has 1 aliphatic rings. The van der Waals surface area contributed by atoms with Gasteiger partial charge in [-0.05, 0) is 12.8 Å². The summed E-state index contributed by atoms with van der Waals surface area (Å²) < 4.78 is 0. The lowest BCUT2D eigenvalue weighted by molar-refractivity contribution is -0.132. The van der Waals surface area contributed by atoms with E-state index in [1.807, 2.05) is 0 Å². The van der Waals surface area contributed by atoms with Crippen LogP contribution in [0.5, 0.6) is 0 Å². The topological polar surface area (TPSA) is 75.8 Å². The fraction of sp³-hybridized carbons (Fsp3) is 0.833. The molecule has 1 saturated heterocycles. The van der Waals surface area contributed by atoms with E-state index >= 15 is 0 Å². The minimum Gasteiger partial charge on any atom is -0.448 e. The highest BCUT2D eigenvalue weighted by Crippen LogP contribution is 2.07. The van der Waals surface area contributed by atoms with E-state index in [2.05, 4.69) is 4.84 Å². The van der Waals surface area contributed by atoms with Crippen LogP contribution in [0.2, 0.25) is 0 Å². The van der Waals surface area contributed by atoms with E-state index in [9.17, 15) is 4.79 Å². The predicted molar refractivity (Wildman–Crippen MR) is 37.9 cm³/mol. The number of rotatable bonds is 1. The summed E-state index contributed by atoms with van der Waals surface area (Å²) in [5.74, 6) is 0. The van der Waals surface area contributed by atoms with Crippen molar-refractivity contribution in [1.29, 1.82) is 0 Å². The molecule has 5 heteroatoms. The van der Waals surface area contributed by atoms with Crippen LogP contribution in [0.4, 0.5) is 4.79 Å². The van der Waals surface area contributed by atoms with Crippen molar-refractivity contribution in [3.05, 3.63) is 0 Å². The van der Waals surface area contributed by atoms with Crippen LogP contribution in [-0.4, -0.2) is 35.5 Å². The van der Waals surface area contributed by atoms with Gasteiger partial charge in [0, 0.05) is 12.6 Å². The Bertz CT molecular complexity index is 151. The Morgan fingerprint density at radius 2 is 2.45 bits per heavy atom. The second-order valence-corrected chi connectivity index (χ2v) is 2.65. The average molecular weight is 160 g/mol. The van der Waals surface area contributed by atoms with Gasteiger partial charge in [-0.15, -0.1) is 5.06 Å². The second-order valence-electron chi connectivity index (χ2n) is 2.65.